The van der Waals surface area contributed by atoms with E-state index < -0.39 is 17.3 Å². The summed E-state index contributed by atoms with van der Waals surface area (Å²) < 4.78 is 22.3. The molecule has 3 aromatic heterocycles. The van der Waals surface area contributed by atoms with E-state index in [1.165, 1.54) is 41.5 Å². The van der Waals surface area contributed by atoms with Crippen LogP contribution in [-0.4, -0.2) is 43.5 Å². The van der Waals surface area contributed by atoms with E-state index in [-0.39, 0.29) is 16.9 Å². The fourth-order valence-corrected chi connectivity index (χ4v) is 3.14. The molecule has 10 heteroatoms. The van der Waals surface area contributed by atoms with Crippen LogP contribution >= 0.6 is 0 Å². The monoisotopic (exact) mass is 410 g/mol. The average molecular weight is 410 g/mol. The van der Waals surface area contributed by atoms with Crippen molar-refractivity contribution < 1.29 is 13.9 Å². The van der Waals surface area contributed by atoms with Crippen molar-refractivity contribution in [2.75, 3.05) is 13.7 Å². The first kappa shape index (κ1) is 19.4. The first-order valence-electron chi connectivity index (χ1n) is 9.16. The third kappa shape index (κ3) is 3.54. The number of benzene rings is 1. The number of rotatable bonds is 6. The second-order valence-electron chi connectivity index (χ2n) is 6.66. The highest BCUT2D eigenvalue weighted by molar-refractivity contribution is 5.92. The van der Waals surface area contributed by atoms with Crippen molar-refractivity contribution in [2.24, 2.45) is 7.05 Å². The Labute approximate surface area is 170 Å². The Morgan fingerprint density at radius 2 is 2.17 bits per heavy atom. The van der Waals surface area contributed by atoms with Crippen LogP contribution in [0.2, 0.25) is 0 Å². The van der Waals surface area contributed by atoms with Gasteiger partial charge in [-0.25, -0.2) is 14.4 Å². The summed E-state index contributed by atoms with van der Waals surface area (Å²) in [6, 6.07) is 4.39. The van der Waals surface area contributed by atoms with Gasteiger partial charge in [0, 0.05) is 55.9 Å². The molecule has 0 fully saturated rings. The van der Waals surface area contributed by atoms with Gasteiger partial charge in [0.25, 0.3) is 11.5 Å². The summed E-state index contributed by atoms with van der Waals surface area (Å²) in [5.74, 6) is -0.558. The SMILES string of the molecule is COc1ccc(-c2cn3cc(C(=O)NCCc4cnc[nH]4)nc3c(=O)n2C)c(F)c1. The number of halogens is 1. The van der Waals surface area contributed by atoms with E-state index in [1.807, 2.05) is 0 Å². The summed E-state index contributed by atoms with van der Waals surface area (Å²) in [5, 5.41) is 2.76. The predicted octanol–water partition coefficient (Wildman–Crippen LogP) is 1.54. The Hall–Kier alpha value is -3.95. The van der Waals surface area contributed by atoms with Crippen molar-refractivity contribution in [1.29, 1.82) is 0 Å². The molecule has 1 amide bonds. The molecule has 0 spiro atoms. The summed E-state index contributed by atoms with van der Waals surface area (Å²) in [6.45, 7) is 0.384. The van der Waals surface area contributed by atoms with Crippen LogP contribution in [0.15, 0.2) is 47.9 Å². The minimum atomic E-state index is -0.527. The third-order valence-electron chi connectivity index (χ3n) is 4.77. The van der Waals surface area contributed by atoms with Gasteiger partial charge in [-0.15, -0.1) is 0 Å². The molecule has 4 aromatic rings. The maximum Gasteiger partial charge on any atom is 0.294 e. The van der Waals surface area contributed by atoms with Gasteiger partial charge in [0.05, 0.1) is 19.1 Å². The fourth-order valence-electron chi connectivity index (χ4n) is 3.14. The number of nitrogens with one attached hydrogen (secondary N) is 2. The normalized spacial score (nSPS) is 11.0. The van der Waals surface area contributed by atoms with Gasteiger partial charge in [-0.2, -0.15) is 0 Å². The van der Waals surface area contributed by atoms with Crippen LogP contribution in [-0.2, 0) is 13.5 Å². The number of carbonyl (C=O) groups is 1. The lowest BCUT2D eigenvalue weighted by molar-refractivity contribution is 0.0949. The molecule has 3 heterocycles. The van der Waals surface area contributed by atoms with Crippen molar-refractivity contribution in [1.82, 2.24) is 29.2 Å². The molecule has 0 unspecified atom stereocenters. The lowest BCUT2D eigenvalue weighted by Crippen LogP contribution is -2.26. The Morgan fingerprint density at radius 1 is 1.33 bits per heavy atom. The van der Waals surface area contributed by atoms with Gasteiger partial charge in [0.15, 0.2) is 0 Å². The Kier molecular flexibility index (Phi) is 5.05. The zero-order chi connectivity index (χ0) is 21.3. The van der Waals surface area contributed by atoms with Crippen LogP contribution in [0.25, 0.3) is 16.9 Å². The number of methoxy groups -OCH3 is 1. The molecular formula is C20H19FN6O3. The minimum absolute atomic E-state index is 0.0777. The van der Waals surface area contributed by atoms with Gasteiger partial charge < -0.3 is 19.6 Å². The molecule has 30 heavy (non-hydrogen) atoms. The number of fused-ring (bicyclic) bond motifs is 1. The van der Waals surface area contributed by atoms with Crippen molar-refractivity contribution in [3.63, 3.8) is 0 Å². The van der Waals surface area contributed by atoms with Crippen LogP contribution < -0.4 is 15.6 Å². The number of H-pyrrole nitrogens is 1. The van der Waals surface area contributed by atoms with Crippen LogP contribution in [0.1, 0.15) is 16.2 Å². The van der Waals surface area contributed by atoms with Crippen molar-refractivity contribution >= 4 is 11.6 Å². The molecule has 154 valence electrons. The Bertz CT molecular complexity index is 1280. The van der Waals surface area contributed by atoms with E-state index in [0.29, 0.717) is 24.4 Å². The Morgan fingerprint density at radius 3 is 2.87 bits per heavy atom. The Balaban J connectivity index is 1.64. The van der Waals surface area contributed by atoms with Crippen LogP contribution in [0, 0.1) is 5.82 Å². The predicted molar refractivity (Wildman–Crippen MR) is 107 cm³/mol. The number of hydrogen-bond donors (Lipinski definition) is 2. The summed E-state index contributed by atoms with van der Waals surface area (Å²) >= 11 is 0. The van der Waals surface area contributed by atoms with E-state index in [4.69, 9.17) is 4.74 Å². The number of hydrogen-bond acceptors (Lipinski definition) is 5. The van der Waals surface area contributed by atoms with E-state index in [2.05, 4.69) is 20.3 Å². The molecule has 0 bridgehead atoms. The third-order valence-corrected chi connectivity index (χ3v) is 4.77. The standard InChI is InChI=1S/C20H19FN6O3/c1-26-17(14-4-3-13(30-2)7-15(14)21)10-27-9-16(25-18(27)20(26)29)19(28)23-6-5-12-8-22-11-24-12/h3-4,7-11H,5-6H2,1-2H3,(H,22,24)(H,23,28). The number of aromatic amines is 1. The first-order valence-corrected chi connectivity index (χ1v) is 9.16. The minimum Gasteiger partial charge on any atom is -0.497 e. The van der Waals surface area contributed by atoms with Gasteiger partial charge in [-0.1, -0.05) is 0 Å². The number of imidazole rings is 2. The maximum atomic E-state index is 14.5. The number of nitrogens with zero attached hydrogens (tertiary/aromatic N) is 4. The zero-order valence-electron chi connectivity index (χ0n) is 16.3. The lowest BCUT2D eigenvalue weighted by atomic mass is 10.1. The van der Waals surface area contributed by atoms with Gasteiger partial charge in [0.1, 0.15) is 17.3 Å². The first-order chi connectivity index (χ1) is 14.5. The smallest absolute Gasteiger partial charge is 0.294 e. The van der Waals surface area contributed by atoms with Crippen molar-refractivity contribution in [2.45, 2.75) is 6.42 Å². The van der Waals surface area contributed by atoms with Crippen LogP contribution in [0.4, 0.5) is 4.39 Å². The molecular weight excluding hydrogens is 391 g/mol. The van der Waals surface area contributed by atoms with Crippen LogP contribution in [0.5, 0.6) is 5.75 Å². The van der Waals surface area contributed by atoms with Crippen molar-refractivity contribution in [3.05, 3.63) is 70.7 Å². The van der Waals surface area contributed by atoms with Gasteiger partial charge >= 0.3 is 0 Å². The molecule has 0 aliphatic carbocycles. The zero-order valence-corrected chi connectivity index (χ0v) is 16.3. The molecule has 0 aliphatic rings. The van der Waals surface area contributed by atoms with E-state index in [1.54, 1.807) is 24.8 Å². The van der Waals surface area contributed by atoms with Crippen LogP contribution in [0.3, 0.4) is 0 Å². The number of ether oxygens (including phenoxy) is 1. The van der Waals surface area contributed by atoms with E-state index in [9.17, 15) is 14.0 Å². The highest BCUT2D eigenvalue weighted by Gasteiger charge is 2.17. The molecule has 1 aromatic carbocycles. The topological polar surface area (TPSA) is 106 Å². The second kappa shape index (κ2) is 7.82. The lowest BCUT2D eigenvalue weighted by Gasteiger charge is -2.11. The molecule has 0 saturated heterocycles. The summed E-state index contributed by atoms with van der Waals surface area (Å²) in [4.78, 5) is 36.2. The number of aromatic nitrogens is 5. The van der Waals surface area contributed by atoms with Crippen molar-refractivity contribution in [3.8, 4) is 17.0 Å². The van der Waals surface area contributed by atoms with Gasteiger partial charge in [0.2, 0.25) is 5.65 Å². The number of amides is 1. The van der Waals surface area contributed by atoms with E-state index >= 15 is 0 Å². The molecule has 4 rings (SSSR count). The molecule has 0 radical (unpaired) electrons. The molecule has 0 aliphatic heterocycles. The quantitative estimate of drug-likeness (QED) is 0.502. The molecule has 2 N–H and O–H groups in total. The summed E-state index contributed by atoms with van der Waals surface area (Å²) in [5.41, 5.74) is 1.20. The largest absolute Gasteiger partial charge is 0.497 e. The molecule has 0 saturated carbocycles. The second-order valence-corrected chi connectivity index (χ2v) is 6.66. The number of carbonyl (C=O) groups excluding carboxylic acids is 1. The summed E-state index contributed by atoms with van der Waals surface area (Å²) in [6.07, 6.45) is 6.85. The maximum absolute atomic E-state index is 14.5. The van der Waals surface area contributed by atoms with Gasteiger partial charge in [-0.3, -0.25) is 14.0 Å². The molecule has 9 nitrogen and oxygen atoms in total. The molecule has 0 atom stereocenters. The van der Waals surface area contributed by atoms with E-state index in [0.717, 1.165) is 5.69 Å². The highest BCUT2D eigenvalue weighted by atomic mass is 19.1. The highest BCUT2D eigenvalue weighted by Crippen LogP contribution is 2.25. The average Bonchev–Trinajstić information content (AvgIpc) is 3.40. The van der Waals surface area contributed by atoms with Gasteiger partial charge in [-0.05, 0) is 12.1 Å². The summed E-state index contributed by atoms with van der Waals surface area (Å²) in [7, 11) is 2.98. The fraction of sp³-hybridized carbons (Fsp3) is 0.200.